The van der Waals surface area contributed by atoms with Crippen molar-refractivity contribution in [3.63, 3.8) is 0 Å². The molecule has 0 aliphatic heterocycles. The van der Waals surface area contributed by atoms with Crippen molar-refractivity contribution in [1.82, 2.24) is 4.98 Å². The molecule has 0 saturated carbocycles. The first-order chi connectivity index (χ1) is 10.3. The molecule has 2 heterocycles. The van der Waals surface area contributed by atoms with Gasteiger partial charge < -0.3 is 5.73 Å². The van der Waals surface area contributed by atoms with Gasteiger partial charge in [0.15, 0.2) is 12.4 Å². The standard InChI is InChI=1S/C13H16N3.F6P/c14-6-1-9-16-10-4-13(5-11-16)12-2-7-15-8-3-12;1-7(2,3,4,5)6/h2-5,7-8,10-11H,1,6,9,14H2;/q+1;-1. The summed E-state index contributed by atoms with van der Waals surface area (Å²) in [5, 5.41) is 0. The third-order valence-electron chi connectivity index (χ3n) is 2.53. The van der Waals surface area contributed by atoms with Crippen LogP contribution in [0.1, 0.15) is 6.42 Å². The fraction of sp³-hybridized carbons (Fsp3) is 0.231. The fourth-order valence-corrected chi connectivity index (χ4v) is 1.62. The first-order valence-electron chi connectivity index (χ1n) is 6.51. The number of aryl methyl sites for hydroxylation is 1. The second kappa shape index (κ2) is 6.41. The fourth-order valence-electron chi connectivity index (χ4n) is 1.62. The van der Waals surface area contributed by atoms with Crippen molar-refractivity contribution in [1.29, 1.82) is 0 Å². The van der Waals surface area contributed by atoms with Crippen molar-refractivity contribution in [2.45, 2.75) is 13.0 Å². The maximum Gasteiger partial charge on any atom is 0.169 e. The first-order valence-corrected chi connectivity index (χ1v) is 8.54. The molecule has 2 aromatic rings. The summed E-state index contributed by atoms with van der Waals surface area (Å²) in [6.07, 6.45) is 8.81. The molecule has 0 radical (unpaired) electrons. The molecule has 0 unspecified atom stereocenters. The van der Waals surface area contributed by atoms with E-state index in [2.05, 4.69) is 34.1 Å². The largest absolute Gasteiger partial charge is 0.330 e. The summed E-state index contributed by atoms with van der Waals surface area (Å²) in [4.78, 5) is 4.01. The average Bonchev–Trinajstić information content (AvgIpc) is 2.43. The molecule has 0 saturated heterocycles. The van der Waals surface area contributed by atoms with Gasteiger partial charge in [-0.25, -0.2) is 4.57 Å². The van der Waals surface area contributed by atoms with Crippen molar-refractivity contribution in [3.05, 3.63) is 49.1 Å². The van der Waals surface area contributed by atoms with Crippen LogP contribution in [-0.4, -0.2) is 11.5 Å². The number of hydrogen-bond donors (Lipinski definition) is 1. The predicted octanol–water partition coefficient (Wildman–Crippen LogP) is 4.77. The van der Waals surface area contributed by atoms with Crippen LogP contribution in [0, 0.1) is 0 Å². The van der Waals surface area contributed by atoms with E-state index < -0.39 is 7.81 Å². The van der Waals surface area contributed by atoms with E-state index in [1.165, 1.54) is 11.1 Å². The van der Waals surface area contributed by atoms with Gasteiger partial charge in [-0.1, -0.05) is 0 Å². The molecule has 0 amide bonds. The van der Waals surface area contributed by atoms with E-state index >= 15 is 0 Å². The predicted molar refractivity (Wildman–Crippen MR) is 77.1 cm³/mol. The van der Waals surface area contributed by atoms with E-state index in [4.69, 9.17) is 5.73 Å². The molecule has 2 N–H and O–H groups in total. The summed E-state index contributed by atoms with van der Waals surface area (Å²) in [5.74, 6) is 0. The summed E-state index contributed by atoms with van der Waals surface area (Å²) >= 11 is 0. The van der Waals surface area contributed by atoms with E-state index in [0.29, 0.717) is 0 Å². The van der Waals surface area contributed by atoms with Gasteiger partial charge in [-0.2, -0.15) is 0 Å². The van der Waals surface area contributed by atoms with Crippen LogP contribution < -0.4 is 10.3 Å². The third kappa shape index (κ3) is 11.5. The average molecular weight is 359 g/mol. The number of pyridine rings is 2. The third-order valence-corrected chi connectivity index (χ3v) is 2.53. The minimum absolute atomic E-state index is 0.735. The molecular weight excluding hydrogens is 343 g/mol. The molecule has 2 aromatic heterocycles. The second-order valence-corrected chi connectivity index (χ2v) is 6.58. The van der Waals surface area contributed by atoms with Gasteiger partial charge in [0.2, 0.25) is 0 Å². The Balaban J connectivity index is 0.000000322. The number of halogens is 6. The minimum Gasteiger partial charge on any atom is -0.330 e. The Hall–Kier alpha value is -1.73. The molecule has 0 aromatic carbocycles. The summed E-state index contributed by atoms with van der Waals surface area (Å²) in [7, 11) is -10.7. The van der Waals surface area contributed by atoms with Crippen LogP contribution in [0.3, 0.4) is 0 Å². The van der Waals surface area contributed by atoms with E-state index in [9.17, 15) is 25.2 Å². The quantitative estimate of drug-likeness (QED) is 0.486. The number of aromatic nitrogens is 2. The number of nitrogens with two attached hydrogens (primary N) is 1. The maximum atomic E-state index is 9.87. The normalized spacial score (nSPS) is 14.2. The monoisotopic (exact) mass is 359 g/mol. The Morgan fingerprint density at radius 3 is 1.74 bits per heavy atom. The van der Waals surface area contributed by atoms with Gasteiger partial charge in [0.05, 0.1) is 0 Å². The zero-order valence-electron chi connectivity index (χ0n) is 11.9. The van der Waals surface area contributed by atoms with E-state index in [-0.39, 0.29) is 0 Å². The molecular formula is C13H16F6N3P. The van der Waals surface area contributed by atoms with E-state index in [0.717, 1.165) is 19.5 Å². The van der Waals surface area contributed by atoms with Gasteiger partial charge in [-0.05, 0) is 29.8 Å². The first kappa shape index (κ1) is 19.3. The van der Waals surface area contributed by atoms with Gasteiger partial charge in [-0.15, -0.1) is 0 Å². The zero-order valence-corrected chi connectivity index (χ0v) is 12.8. The summed E-state index contributed by atoms with van der Waals surface area (Å²) in [6, 6.07) is 8.26. The Morgan fingerprint density at radius 2 is 1.30 bits per heavy atom. The minimum atomic E-state index is -10.7. The number of hydrogen-bond acceptors (Lipinski definition) is 2. The van der Waals surface area contributed by atoms with Gasteiger partial charge in [0.25, 0.3) is 0 Å². The Morgan fingerprint density at radius 1 is 0.870 bits per heavy atom. The van der Waals surface area contributed by atoms with Crippen molar-refractivity contribution in [2.75, 3.05) is 6.54 Å². The van der Waals surface area contributed by atoms with Crippen LogP contribution in [0.4, 0.5) is 25.2 Å². The topological polar surface area (TPSA) is 42.8 Å². The van der Waals surface area contributed by atoms with E-state index in [1.807, 2.05) is 24.5 Å². The van der Waals surface area contributed by atoms with Crippen LogP contribution in [-0.2, 0) is 6.54 Å². The van der Waals surface area contributed by atoms with Gasteiger partial charge in [0, 0.05) is 30.9 Å². The molecule has 0 atom stereocenters. The molecule has 2 rings (SSSR count). The van der Waals surface area contributed by atoms with Gasteiger partial charge in [0.1, 0.15) is 6.54 Å². The summed E-state index contributed by atoms with van der Waals surface area (Å²) in [5.41, 5.74) is 7.89. The van der Waals surface area contributed by atoms with Gasteiger partial charge >= 0.3 is 33.0 Å². The molecule has 0 fully saturated rings. The van der Waals surface area contributed by atoms with Crippen LogP contribution >= 0.6 is 7.81 Å². The second-order valence-electron chi connectivity index (χ2n) is 4.66. The SMILES string of the molecule is F[P-](F)(F)(F)(F)F.NCCC[n+]1ccc(-c2ccncc2)cc1. The summed E-state index contributed by atoms with van der Waals surface area (Å²) < 4.78 is 61.3. The Kier molecular flexibility index (Phi) is 5.38. The molecule has 23 heavy (non-hydrogen) atoms. The van der Waals surface area contributed by atoms with Crippen molar-refractivity contribution < 1.29 is 29.7 Å². The zero-order chi connectivity index (χ0) is 17.6. The molecule has 130 valence electrons. The number of rotatable bonds is 4. The molecule has 3 nitrogen and oxygen atoms in total. The van der Waals surface area contributed by atoms with Crippen LogP contribution in [0.5, 0.6) is 0 Å². The molecule has 0 aliphatic rings. The molecule has 0 bridgehead atoms. The smallest absolute Gasteiger partial charge is 0.169 e. The van der Waals surface area contributed by atoms with Crippen LogP contribution in [0.15, 0.2) is 49.1 Å². The molecule has 0 spiro atoms. The van der Waals surface area contributed by atoms with Gasteiger partial charge in [-0.3, -0.25) is 4.98 Å². The molecule has 0 aliphatic carbocycles. The Labute approximate surface area is 129 Å². The van der Waals surface area contributed by atoms with Crippen LogP contribution in [0.2, 0.25) is 0 Å². The van der Waals surface area contributed by atoms with Crippen molar-refractivity contribution in [2.24, 2.45) is 5.73 Å². The maximum absolute atomic E-state index is 10.7. The van der Waals surface area contributed by atoms with Crippen LogP contribution in [0.25, 0.3) is 11.1 Å². The number of nitrogens with zero attached hydrogens (tertiary/aromatic N) is 2. The Bertz CT molecular complexity index is 602. The van der Waals surface area contributed by atoms with Crippen molar-refractivity contribution >= 4 is 7.81 Å². The van der Waals surface area contributed by atoms with E-state index in [1.54, 1.807) is 0 Å². The molecule has 10 heteroatoms. The summed E-state index contributed by atoms with van der Waals surface area (Å²) in [6.45, 7) is 1.71. The van der Waals surface area contributed by atoms with Crippen molar-refractivity contribution in [3.8, 4) is 11.1 Å².